The van der Waals surface area contributed by atoms with Gasteiger partial charge in [-0.1, -0.05) is 30.3 Å². The van der Waals surface area contributed by atoms with Crippen LogP contribution in [0.5, 0.6) is 0 Å². The second kappa shape index (κ2) is 2.94. The van der Waals surface area contributed by atoms with Crippen LogP contribution in [0.2, 0.25) is 0 Å². The van der Waals surface area contributed by atoms with Crippen molar-refractivity contribution < 1.29 is 4.79 Å². The Morgan fingerprint density at radius 2 is 1.77 bits per heavy atom. The molecule has 0 spiro atoms. The fourth-order valence-electron chi connectivity index (χ4n) is 1.22. The van der Waals surface area contributed by atoms with Crippen molar-refractivity contribution in [2.24, 2.45) is 10.2 Å². The Kier molecular flexibility index (Phi) is 1.77. The Morgan fingerprint density at radius 3 is 2.31 bits per heavy atom. The van der Waals surface area contributed by atoms with E-state index in [4.69, 9.17) is 0 Å². The summed E-state index contributed by atoms with van der Waals surface area (Å²) in [6, 6.07) is 9.57. The van der Waals surface area contributed by atoms with Gasteiger partial charge >= 0.3 is 0 Å². The molecule has 3 nitrogen and oxygen atoms in total. The summed E-state index contributed by atoms with van der Waals surface area (Å²) in [4.78, 5) is 11.0. The number of rotatable bonds is 1. The summed E-state index contributed by atoms with van der Waals surface area (Å²) >= 11 is 0. The molecule has 1 aromatic rings. The molecule has 0 unspecified atom stereocenters. The van der Waals surface area contributed by atoms with E-state index in [0.29, 0.717) is 11.3 Å². The fourth-order valence-corrected chi connectivity index (χ4v) is 1.22. The van der Waals surface area contributed by atoms with E-state index in [1.54, 1.807) is 6.92 Å². The molecular formula is C10H8N2O. The van der Waals surface area contributed by atoms with E-state index in [1.807, 2.05) is 30.3 Å². The molecule has 13 heavy (non-hydrogen) atoms. The summed E-state index contributed by atoms with van der Waals surface area (Å²) in [5.74, 6) is -0.237. The summed E-state index contributed by atoms with van der Waals surface area (Å²) in [5.41, 5.74) is 2.24. The maximum absolute atomic E-state index is 11.0. The molecule has 0 saturated heterocycles. The van der Waals surface area contributed by atoms with Gasteiger partial charge in [0.2, 0.25) is 0 Å². The van der Waals surface area contributed by atoms with E-state index < -0.39 is 0 Å². The van der Waals surface area contributed by atoms with E-state index >= 15 is 0 Å². The van der Waals surface area contributed by atoms with Gasteiger partial charge in [-0.25, -0.2) is 0 Å². The maximum atomic E-state index is 11.0. The molecule has 1 heterocycles. The van der Waals surface area contributed by atoms with Crippen LogP contribution in [0.4, 0.5) is 0 Å². The molecule has 1 amide bonds. The zero-order valence-corrected chi connectivity index (χ0v) is 7.19. The smallest absolute Gasteiger partial charge is 0.265 e. The molecule has 0 fully saturated rings. The predicted octanol–water partition coefficient (Wildman–Crippen LogP) is 2.41. The Hall–Kier alpha value is -1.77. The van der Waals surface area contributed by atoms with Crippen molar-refractivity contribution in [1.29, 1.82) is 0 Å². The molecule has 1 aliphatic rings. The van der Waals surface area contributed by atoms with Crippen molar-refractivity contribution >= 4 is 11.6 Å². The lowest BCUT2D eigenvalue weighted by atomic mass is 10.1. The number of carbonyl (C=O) groups excluding carboxylic acids is 1. The lowest BCUT2D eigenvalue weighted by Crippen LogP contribution is -1.90. The van der Waals surface area contributed by atoms with Crippen molar-refractivity contribution in [3.63, 3.8) is 0 Å². The topological polar surface area (TPSA) is 41.8 Å². The molecule has 0 radical (unpaired) electrons. The zero-order valence-electron chi connectivity index (χ0n) is 7.19. The number of benzene rings is 1. The quantitative estimate of drug-likeness (QED) is 0.641. The molecule has 0 aliphatic carbocycles. The number of azo groups is 1. The van der Waals surface area contributed by atoms with Crippen molar-refractivity contribution in [3.8, 4) is 0 Å². The molecular weight excluding hydrogens is 164 g/mol. The molecule has 3 heteroatoms. The van der Waals surface area contributed by atoms with Gasteiger partial charge in [0.05, 0.1) is 0 Å². The van der Waals surface area contributed by atoms with E-state index in [9.17, 15) is 4.79 Å². The van der Waals surface area contributed by atoms with Gasteiger partial charge in [-0.3, -0.25) is 4.79 Å². The Morgan fingerprint density at radius 1 is 1.08 bits per heavy atom. The van der Waals surface area contributed by atoms with E-state index in [0.717, 1.165) is 5.56 Å². The summed E-state index contributed by atoms with van der Waals surface area (Å²) < 4.78 is 0. The van der Waals surface area contributed by atoms with Gasteiger partial charge in [-0.05, 0) is 6.92 Å². The largest absolute Gasteiger partial charge is 0.293 e. The lowest BCUT2D eigenvalue weighted by Gasteiger charge is -1.97. The van der Waals surface area contributed by atoms with Gasteiger partial charge in [0, 0.05) is 11.1 Å². The van der Waals surface area contributed by atoms with Crippen molar-refractivity contribution in [2.45, 2.75) is 6.92 Å². The van der Waals surface area contributed by atoms with Gasteiger partial charge in [0.15, 0.2) is 0 Å². The third-order valence-electron chi connectivity index (χ3n) is 1.96. The minimum Gasteiger partial charge on any atom is -0.265 e. The van der Waals surface area contributed by atoms with Gasteiger partial charge < -0.3 is 0 Å². The number of hydrogen-bond donors (Lipinski definition) is 0. The van der Waals surface area contributed by atoms with E-state index in [-0.39, 0.29) is 5.91 Å². The van der Waals surface area contributed by atoms with Crippen LogP contribution in [0.3, 0.4) is 0 Å². The molecule has 0 aromatic heterocycles. The number of nitrogens with zero attached hydrogens (tertiary/aromatic N) is 2. The van der Waals surface area contributed by atoms with Crippen molar-refractivity contribution in [1.82, 2.24) is 0 Å². The Balaban J connectivity index is 2.50. The van der Waals surface area contributed by atoms with Gasteiger partial charge in [-0.15, -0.1) is 10.2 Å². The normalized spacial score (nSPS) is 15.6. The van der Waals surface area contributed by atoms with E-state index in [2.05, 4.69) is 10.2 Å². The van der Waals surface area contributed by atoms with Crippen LogP contribution in [-0.2, 0) is 4.79 Å². The minimum atomic E-state index is -0.237. The fraction of sp³-hybridized carbons (Fsp3) is 0.100. The molecule has 64 valence electrons. The molecule has 0 atom stereocenters. The van der Waals surface area contributed by atoms with Crippen LogP contribution >= 0.6 is 0 Å². The first kappa shape index (κ1) is 7.86. The van der Waals surface area contributed by atoms with Crippen LogP contribution < -0.4 is 0 Å². The highest BCUT2D eigenvalue weighted by Crippen LogP contribution is 2.25. The second-order valence-corrected chi connectivity index (χ2v) is 2.84. The van der Waals surface area contributed by atoms with Crippen LogP contribution in [0.15, 0.2) is 46.1 Å². The maximum Gasteiger partial charge on any atom is 0.293 e. The number of hydrogen-bond acceptors (Lipinski definition) is 2. The number of carbonyl (C=O) groups is 1. The third kappa shape index (κ3) is 1.28. The molecule has 2 rings (SSSR count). The molecule has 0 bridgehead atoms. The van der Waals surface area contributed by atoms with Gasteiger partial charge in [0.25, 0.3) is 5.91 Å². The van der Waals surface area contributed by atoms with Crippen LogP contribution in [-0.4, -0.2) is 5.91 Å². The highest BCUT2D eigenvalue weighted by Gasteiger charge is 2.17. The first-order valence-corrected chi connectivity index (χ1v) is 4.01. The summed E-state index contributed by atoms with van der Waals surface area (Å²) in [5, 5.41) is 7.31. The Labute approximate surface area is 75.8 Å². The minimum absolute atomic E-state index is 0.237. The summed E-state index contributed by atoms with van der Waals surface area (Å²) in [6.07, 6.45) is 0. The van der Waals surface area contributed by atoms with Gasteiger partial charge in [-0.2, -0.15) is 0 Å². The van der Waals surface area contributed by atoms with Crippen LogP contribution in [0, 0.1) is 0 Å². The van der Waals surface area contributed by atoms with Crippen LogP contribution in [0.25, 0.3) is 5.70 Å². The highest BCUT2D eigenvalue weighted by molar-refractivity contribution is 6.03. The molecule has 1 aromatic carbocycles. The summed E-state index contributed by atoms with van der Waals surface area (Å²) in [6.45, 7) is 1.74. The highest BCUT2D eigenvalue weighted by atomic mass is 16.2. The summed E-state index contributed by atoms with van der Waals surface area (Å²) in [7, 11) is 0. The second-order valence-electron chi connectivity index (χ2n) is 2.84. The molecule has 0 saturated carbocycles. The predicted molar refractivity (Wildman–Crippen MR) is 48.9 cm³/mol. The van der Waals surface area contributed by atoms with Gasteiger partial charge in [0.1, 0.15) is 5.70 Å². The molecule has 1 aliphatic heterocycles. The first-order valence-electron chi connectivity index (χ1n) is 4.01. The third-order valence-corrected chi connectivity index (χ3v) is 1.96. The first-order chi connectivity index (χ1) is 6.29. The molecule has 0 N–H and O–H groups in total. The Bertz CT molecular complexity index is 404. The lowest BCUT2D eigenvalue weighted by molar-refractivity contribution is -0.114. The van der Waals surface area contributed by atoms with Crippen molar-refractivity contribution in [3.05, 3.63) is 41.5 Å². The number of amides is 1. The van der Waals surface area contributed by atoms with Crippen LogP contribution in [0.1, 0.15) is 12.5 Å². The average molecular weight is 172 g/mol. The standard InChI is InChI=1S/C10H8N2O/c1-7-9(11-12-10(7)13)8-5-3-2-4-6-8/h2-6H,1H3. The zero-order chi connectivity index (χ0) is 9.26. The monoisotopic (exact) mass is 172 g/mol. The SMILES string of the molecule is CC1=C(c2ccccc2)N=NC1=O. The van der Waals surface area contributed by atoms with Crippen molar-refractivity contribution in [2.75, 3.05) is 0 Å². The average Bonchev–Trinajstić information content (AvgIpc) is 2.49. The van der Waals surface area contributed by atoms with E-state index in [1.165, 1.54) is 0 Å².